The molecule has 0 radical (unpaired) electrons. The summed E-state index contributed by atoms with van der Waals surface area (Å²) in [5.41, 5.74) is 0.520. The van der Waals surface area contributed by atoms with E-state index in [0.29, 0.717) is 11.4 Å². The monoisotopic (exact) mass is 931 g/mol. The number of nitrogens with zero attached hydrogens (tertiary/aromatic N) is 5. The number of benzene rings is 4. The molecule has 6 unspecified atom stereocenters. The fourth-order valence-corrected chi connectivity index (χ4v) is 10.1. The first kappa shape index (κ1) is 41.3. The highest BCUT2D eigenvalue weighted by Crippen LogP contribution is 2.66. The Morgan fingerprint density at radius 1 is 0.800 bits per heavy atom. The van der Waals surface area contributed by atoms with E-state index in [-0.39, 0.29) is 44.1 Å². The second-order valence-corrected chi connectivity index (χ2v) is 17.0. The van der Waals surface area contributed by atoms with Gasteiger partial charge in [0.1, 0.15) is 5.69 Å². The smallest absolute Gasteiger partial charge is 0.258 e. The average Bonchev–Trinajstić information content (AvgIpc) is 3.57. The molecule has 0 aromatic heterocycles. The number of carbonyl (C=O) groups excluding carboxylic acids is 4. The van der Waals surface area contributed by atoms with Crippen LogP contribution in [0, 0.1) is 46.8 Å². The van der Waals surface area contributed by atoms with Crippen molar-refractivity contribution >= 4 is 91.2 Å². The number of imide groups is 2. The van der Waals surface area contributed by atoms with Crippen molar-refractivity contribution in [1.82, 2.24) is 0 Å². The van der Waals surface area contributed by atoms with Crippen molar-refractivity contribution in [2.75, 3.05) is 35.9 Å². The molecule has 2 aliphatic carbocycles. The molecule has 4 aromatic rings. The Kier molecular flexibility index (Phi) is 10.1. The highest BCUT2D eigenvalue weighted by molar-refractivity contribution is 9.10. The van der Waals surface area contributed by atoms with Gasteiger partial charge in [-0.2, -0.15) is 10.2 Å². The van der Waals surface area contributed by atoms with Gasteiger partial charge >= 0.3 is 0 Å². The summed E-state index contributed by atoms with van der Waals surface area (Å²) in [4.78, 5) is 54.9. The number of fused-ring (bicyclic) bond motifs is 4. The molecule has 0 bridgehead atoms. The fourth-order valence-electron chi connectivity index (χ4n) is 8.71. The van der Waals surface area contributed by atoms with E-state index in [1.807, 2.05) is 31.1 Å². The van der Waals surface area contributed by atoms with E-state index < -0.39 is 98.2 Å². The maximum absolute atomic E-state index is 15.4. The molecule has 0 spiro atoms. The van der Waals surface area contributed by atoms with E-state index in [9.17, 15) is 37.5 Å². The molecule has 1 saturated carbocycles. The zero-order valence-electron chi connectivity index (χ0n) is 31.3. The number of alkyl halides is 2. The first-order valence-electron chi connectivity index (χ1n) is 18.1. The second kappa shape index (κ2) is 14.7. The Balaban J connectivity index is 1.20. The molecule has 2 aliphatic heterocycles. The molecule has 2 saturated heterocycles. The predicted octanol–water partition coefficient (Wildman–Crippen LogP) is 9.11. The van der Waals surface area contributed by atoms with Gasteiger partial charge in [-0.25, -0.2) is 26.9 Å². The third kappa shape index (κ3) is 5.86. The van der Waals surface area contributed by atoms with Gasteiger partial charge in [0.25, 0.3) is 11.8 Å². The third-order valence-electron chi connectivity index (χ3n) is 11.6. The van der Waals surface area contributed by atoms with Crippen LogP contribution in [0.25, 0.3) is 0 Å². The van der Waals surface area contributed by atoms with Crippen LogP contribution < -0.4 is 19.4 Å². The Bertz CT molecular complexity index is 2590. The van der Waals surface area contributed by atoms with E-state index in [1.54, 1.807) is 30.3 Å². The number of amides is 4. The number of ether oxygens (including phenoxy) is 1. The van der Waals surface area contributed by atoms with Crippen LogP contribution in [0.15, 0.2) is 87.0 Å². The van der Waals surface area contributed by atoms with Gasteiger partial charge < -0.3 is 14.7 Å². The summed E-state index contributed by atoms with van der Waals surface area (Å²) in [6.45, 7) is 0. The fraction of sp³-hybridized carbons (Fsp3) is 0.268. The number of hydrogen-bond donors (Lipinski definition) is 1. The summed E-state index contributed by atoms with van der Waals surface area (Å²) < 4.78 is 79.4. The molecule has 6 atom stereocenters. The van der Waals surface area contributed by atoms with E-state index in [0.717, 1.165) is 10.6 Å². The number of methoxy groups -OCH3 is 1. The molecule has 310 valence electrons. The van der Waals surface area contributed by atoms with Gasteiger partial charge in [0.05, 0.1) is 40.5 Å². The van der Waals surface area contributed by atoms with Crippen molar-refractivity contribution < 1.29 is 51.0 Å². The summed E-state index contributed by atoms with van der Waals surface area (Å²) in [5, 5.41) is 19.1. The summed E-state index contributed by atoms with van der Waals surface area (Å²) in [5.74, 6) is -22.5. The molecular weight excluding hydrogens is 904 g/mol. The largest absolute Gasteiger partial charge is 0.503 e. The van der Waals surface area contributed by atoms with Crippen LogP contribution in [0.5, 0.6) is 11.5 Å². The van der Waals surface area contributed by atoms with Crippen LogP contribution >= 0.6 is 39.1 Å². The number of azo groups is 1. The van der Waals surface area contributed by atoms with Crippen LogP contribution in [-0.4, -0.2) is 59.7 Å². The Labute approximate surface area is 356 Å². The van der Waals surface area contributed by atoms with E-state index in [2.05, 4.69) is 26.2 Å². The number of phenolic OH excluding ortho intramolecular Hbond substituents is 1. The lowest BCUT2D eigenvalue weighted by atomic mass is 9.56. The summed E-state index contributed by atoms with van der Waals surface area (Å²) in [6, 6.07) is 16.0. The minimum Gasteiger partial charge on any atom is -0.503 e. The molecule has 4 amide bonds. The molecule has 3 fully saturated rings. The van der Waals surface area contributed by atoms with Crippen molar-refractivity contribution in [3.8, 4) is 11.5 Å². The molecule has 60 heavy (non-hydrogen) atoms. The molecule has 11 nitrogen and oxygen atoms in total. The second-order valence-electron chi connectivity index (χ2n) is 14.9. The van der Waals surface area contributed by atoms with Crippen molar-refractivity contribution in [1.29, 1.82) is 0 Å². The molecule has 8 rings (SSSR count). The van der Waals surface area contributed by atoms with E-state index in [1.165, 1.54) is 31.4 Å². The SMILES string of the molecule is COc1cc(C2C3=CCC4C(=O)N(c5ccc(N=Nc6ccc(N(C)C)cc6)cc5)C(=O)C4C3CC3(Cl)C(=O)N(c4c(F)c(F)c(F)c(F)c4F)C(=O)C23Cl)cc(Br)c1O. The summed E-state index contributed by atoms with van der Waals surface area (Å²) in [7, 11) is 5.02. The molecule has 4 aliphatic rings. The van der Waals surface area contributed by atoms with Crippen molar-refractivity contribution in [2.24, 2.45) is 28.0 Å². The van der Waals surface area contributed by atoms with Gasteiger partial charge in [0.2, 0.25) is 17.6 Å². The van der Waals surface area contributed by atoms with Crippen LogP contribution in [0.4, 0.5) is 50.4 Å². The van der Waals surface area contributed by atoms with Crippen LogP contribution in [0.2, 0.25) is 0 Å². The van der Waals surface area contributed by atoms with Crippen LogP contribution in [0.1, 0.15) is 24.3 Å². The number of anilines is 3. The van der Waals surface area contributed by atoms with Crippen LogP contribution in [-0.2, 0) is 19.2 Å². The van der Waals surface area contributed by atoms with Gasteiger partial charge in [-0.1, -0.05) is 11.6 Å². The van der Waals surface area contributed by atoms with Gasteiger partial charge in [0, 0.05) is 25.7 Å². The number of rotatable bonds is 7. The third-order valence-corrected chi connectivity index (χ3v) is 13.6. The molecule has 1 N–H and O–H groups in total. The number of hydrogen-bond acceptors (Lipinski definition) is 9. The molecule has 2 heterocycles. The zero-order valence-corrected chi connectivity index (χ0v) is 34.4. The lowest BCUT2D eigenvalue weighted by molar-refractivity contribution is -0.125. The maximum atomic E-state index is 15.4. The zero-order chi connectivity index (χ0) is 43.3. The topological polar surface area (TPSA) is 132 Å². The van der Waals surface area contributed by atoms with Gasteiger partial charge in [-0.3, -0.25) is 24.1 Å². The molecular formula is C41H29BrCl2F5N5O6. The minimum absolute atomic E-state index is 0.00519. The average molecular weight is 934 g/mol. The standard InChI is InChI=1S/C41H29BrCl2F5N5O6/c1-52(2)20-8-4-18(5-9-20)50-51-19-6-10-21(11-7-19)53-36(56)23-13-12-22-24(27(23)37(53)57)16-40(43)38(58)54(34-32(48)30(46)29(45)31(47)33(34)49)39(59)41(40,44)28(22)17-14-25(42)35(55)26(15-17)60-3/h4-12,14-15,23-24,27-28,55H,13,16H2,1-3H3. The Hall–Kier alpha value is -5.39. The number of phenols is 1. The van der Waals surface area contributed by atoms with Gasteiger partial charge in [-0.05, 0) is 101 Å². The number of allylic oxidation sites excluding steroid dienone is 2. The van der Waals surface area contributed by atoms with E-state index in [4.69, 9.17) is 27.9 Å². The Morgan fingerprint density at radius 2 is 1.37 bits per heavy atom. The van der Waals surface area contributed by atoms with Gasteiger partial charge in [0.15, 0.2) is 44.5 Å². The first-order chi connectivity index (χ1) is 28.4. The van der Waals surface area contributed by atoms with Crippen molar-refractivity contribution in [3.05, 3.63) is 111 Å². The summed E-state index contributed by atoms with van der Waals surface area (Å²) in [6.07, 6.45) is 0.803. The number of carbonyl (C=O) groups is 4. The Morgan fingerprint density at radius 3 is 1.93 bits per heavy atom. The molecule has 19 heteroatoms. The normalized spacial score (nSPS) is 26.1. The number of halogens is 8. The van der Waals surface area contributed by atoms with Crippen molar-refractivity contribution in [2.45, 2.75) is 28.5 Å². The van der Waals surface area contributed by atoms with Gasteiger partial charge in [-0.15, -0.1) is 23.2 Å². The highest BCUT2D eigenvalue weighted by atomic mass is 79.9. The van der Waals surface area contributed by atoms with Crippen molar-refractivity contribution in [3.63, 3.8) is 0 Å². The lowest BCUT2D eigenvalue weighted by Crippen LogP contribution is -2.60. The van der Waals surface area contributed by atoms with E-state index >= 15 is 8.78 Å². The molecule has 4 aromatic carbocycles. The maximum Gasteiger partial charge on any atom is 0.258 e. The van der Waals surface area contributed by atoms with Crippen LogP contribution in [0.3, 0.4) is 0 Å². The first-order valence-corrected chi connectivity index (χ1v) is 19.6. The number of aromatic hydroxyl groups is 1. The minimum atomic E-state index is -2.76. The summed E-state index contributed by atoms with van der Waals surface area (Å²) >= 11 is 17.7. The lowest BCUT2D eigenvalue weighted by Gasteiger charge is -2.50. The highest BCUT2D eigenvalue weighted by Gasteiger charge is 2.77. The quantitative estimate of drug-likeness (QED) is 0.0372. The predicted molar refractivity (Wildman–Crippen MR) is 213 cm³/mol.